The van der Waals surface area contributed by atoms with Crippen molar-refractivity contribution in [2.75, 3.05) is 13.1 Å². The van der Waals surface area contributed by atoms with E-state index in [0.29, 0.717) is 30.9 Å². The summed E-state index contributed by atoms with van der Waals surface area (Å²) in [5.74, 6) is -0.750. The first kappa shape index (κ1) is 26.6. The molecule has 3 aromatic rings. The molecule has 204 valence electrons. The van der Waals surface area contributed by atoms with Gasteiger partial charge in [-0.05, 0) is 45.7 Å². The Morgan fingerprint density at radius 3 is 2.79 bits per heavy atom. The summed E-state index contributed by atoms with van der Waals surface area (Å²) < 4.78 is 12.0. The molecule has 0 unspecified atom stereocenters. The first-order chi connectivity index (χ1) is 18.5. The first-order valence-electron chi connectivity index (χ1n) is 13.1. The molecule has 0 aliphatic carbocycles. The standard InChI is InChI=1S/C29H32N4O6/c1-5-29(37)21-13-23-24-19(15-33(23)25(34)20(21)16-38-26(29)35)18(17-9-6-7-10-22(17)32-24)14-30-11-8-12-31-27(36)39-28(2,3)4/h6-7,9-10,13-14,37H,5,8,11-12,15-16H2,1-4H3,(H,31,36)/t29-/m0/s1. The number of aliphatic hydroxyl groups is 1. The molecule has 0 saturated heterocycles. The molecule has 0 bridgehead atoms. The molecule has 2 aliphatic rings. The number of nitrogens with zero attached hydrogens (tertiary/aromatic N) is 3. The fourth-order valence-corrected chi connectivity index (χ4v) is 5.04. The lowest BCUT2D eigenvalue weighted by Crippen LogP contribution is -2.44. The third kappa shape index (κ3) is 4.80. The van der Waals surface area contributed by atoms with Crippen molar-refractivity contribution < 1.29 is 24.2 Å². The van der Waals surface area contributed by atoms with E-state index in [9.17, 15) is 19.5 Å². The summed E-state index contributed by atoms with van der Waals surface area (Å²) in [6.45, 7) is 8.13. The molecule has 4 heterocycles. The number of rotatable bonds is 6. The van der Waals surface area contributed by atoms with Gasteiger partial charge in [-0.1, -0.05) is 25.1 Å². The molecule has 10 heteroatoms. The number of hydrogen-bond acceptors (Lipinski definition) is 8. The van der Waals surface area contributed by atoms with Crippen molar-refractivity contribution in [3.05, 3.63) is 62.9 Å². The average Bonchev–Trinajstić information content (AvgIpc) is 3.25. The zero-order chi connectivity index (χ0) is 27.9. The summed E-state index contributed by atoms with van der Waals surface area (Å²) in [4.78, 5) is 47.3. The number of aromatic nitrogens is 2. The largest absolute Gasteiger partial charge is 0.458 e. The topological polar surface area (TPSA) is 132 Å². The molecule has 1 amide bonds. The average molecular weight is 533 g/mol. The predicted octanol–water partition coefficient (Wildman–Crippen LogP) is 3.41. The number of carbonyl (C=O) groups excluding carboxylic acids is 2. The summed E-state index contributed by atoms with van der Waals surface area (Å²) in [7, 11) is 0. The predicted molar refractivity (Wildman–Crippen MR) is 146 cm³/mol. The fourth-order valence-electron chi connectivity index (χ4n) is 5.04. The molecule has 0 radical (unpaired) electrons. The molecule has 0 spiro atoms. The summed E-state index contributed by atoms with van der Waals surface area (Å²) >= 11 is 0. The Balaban J connectivity index is 1.47. The van der Waals surface area contributed by atoms with Crippen LogP contribution in [0.15, 0.2) is 40.1 Å². The van der Waals surface area contributed by atoms with Crippen LogP contribution in [0.25, 0.3) is 22.3 Å². The van der Waals surface area contributed by atoms with E-state index in [1.54, 1.807) is 23.8 Å². The van der Waals surface area contributed by atoms with E-state index < -0.39 is 23.3 Å². The number of benzene rings is 1. The van der Waals surface area contributed by atoms with Gasteiger partial charge < -0.3 is 24.5 Å². The molecule has 2 N–H and O–H groups in total. The highest BCUT2D eigenvalue weighted by Crippen LogP contribution is 2.39. The number of para-hydroxylation sites is 1. The van der Waals surface area contributed by atoms with Crippen LogP contribution in [0.1, 0.15) is 62.8 Å². The van der Waals surface area contributed by atoms with Crippen LogP contribution in [0, 0.1) is 0 Å². The lowest BCUT2D eigenvalue weighted by Gasteiger charge is -2.31. The maximum Gasteiger partial charge on any atom is 0.407 e. The van der Waals surface area contributed by atoms with Crippen LogP contribution in [-0.2, 0) is 33.0 Å². The number of fused-ring (bicyclic) bond motifs is 5. The van der Waals surface area contributed by atoms with Crippen LogP contribution in [0.2, 0.25) is 0 Å². The van der Waals surface area contributed by atoms with Gasteiger partial charge in [-0.3, -0.25) is 9.79 Å². The Kier molecular flexibility index (Phi) is 6.76. The van der Waals surface area contributed by atoms with Gasteiger partial charge in [0.05, 0.1) is 29.0 Å². The van der Waals surface area contributed by atoms with Gasteiger partial charge in [0.2, 0.25) is 0 Å². The monoisotopic (exact) mass is 532 g/mol. The van der Waals surface area contributed by atoms with Gasteiger partial charge in [0.1, 0.15) is 12.2 Å². The van der Waals surface area contributed by atoms with Gasteiger partial charge in [-0.15, -0.1) is 0 Å². The first-order valence-corrected chi connectivity index (χ1v) is 13.1. The van der Waals surface area contributed by atoms with Gasteiger partial charge in [0.25, 0.3) is 5.56 Å². The van der Waals surface area contributed by atoms with Gasteiger partial charge >= 0.3 is 12.1 Å². The Hall–Kier alpha value is -4.05. The second-order valence-electron chi connectivity index (χ2n) is 10.8. The van der Waals surface area contributed by atoms with Crippen molar-refractivity contribution >= 4 is 29.2 Å². The van der Waals surface area contributed by atoms with E-state index in [1.807, 2.05) is 45.0 Å². The van der Waals surface area contributed by atoms with Crippen molar-refractivity contribution in [2.24, 2.45) is 4.99 Å². The molecule has 1 atom stereocenters. The number of esters is 1. The van der Waals surface area contributed by atoms with E-state index in [0.717, 1.165) is 22.0 Å². The van der Waals surface area contributed by atoms with Crippen LogP contribution < -0.4 is 10.9 Å². The molecular weight excluding hydrogens is 500 g/mol. The number of carbonyl (C=O) groups is 2. The molecule has 1 aromatic carbocycles. The van der Waals surface area contributed by atoms with Crippen molar-refractivity contribution in [1.82, 2.24) is 14.9 Å². The highest BCUT2D eigenvalue weighted by Gasteiger charge is 2.45. The number of nitrogens with one attached hydrogen (secondary N) is 1. The van der Waals surface area contributed by atoms with Crippen molar-refractivity contribution in [3.8, 4) is 11.4 Å². The van der Waals surface area contributed by atoms with Gasteiger partial charge in [-0.25, -0.2) is 14.6 Å². The quantitative estimate of drug-likeness (QED) is 0.221. The van der Waals surface area contributed by atoms with Gasteiger partial charge in [-0.2, -0.15) is 0 Å². The normalized spacial score (nSPS) is 18.0. The van der Waals surface area contributed by atoms with Crippen molar-refractivity contribution in [3.63, 3.8) is 0 Å². The molecule has 2 aliphatic heterocycles. The Bertz CT molecular complexity index is 1570. The maximum absolute atomic E-state index is 13.5. The van der Waals surface area contributed by atoms with Crippen LogP contribution in [-0.4, -0.2) is 51.6 Å². The maximum atomic E-state index is 13.5. The molecule has 0 saturated carbocycles. The highest BCUT2D eigenvalue weighted by atomic mass is 16.6. The van der Waals surface area contributed by atoms with Crippen molar-refractivity contribution in [2.45, 2.75) is 64.9 Å². The molecule has 39 heavy (non-hydrogen) atoms. The van der Waals surface area contributed by atoms with E-state index in [-0.39, 0.29) is 36.3 Å². The van der Waals surface area contributed by atoms with E-state index in [1.165, 1.54) is 0 Å². The molecule has 10 nitrogen and oxygen atoms in total. The lowest BCUT2D eigenvalue weighted by atomic mass is 9.86. The smallest absolute Gasteiger partial charge is 0.407 e. The molecule has 0 fully saturated rings. The second-order valence-corrected chi connectivity index (χ2v) is 10.8. The van der Waals surface area contributed by atoms with Crippen LogP contribution in [0.5, 0.6) is 0 Å². The minimum atomic E-state index is -1.88. The Morgan fingerprint density at radius 1 is 1.28 bits per heavy atom. The number of alkyl carbamates (subject to hydrolysis) is 1. The number of hydrogen-bond donors (Lipinski definition) is 2. The van der Waals surface area contributed by atoms with Gasteiger partial charge in [0, 0.05) is 41.4 Å². The third-order valence-electron chi connectivity index (χ3n) is 6.99. The van der Waals surface area contributed by atoms with Crippen LogP contribution in [0.3, 0.4) is 0 Å². The van der Waals surface area contributed by atoms with Crippen molar-refractivity contribution in [1.29, 1.82) is 0 Å². The minimum Gasteiger partial charge on any atom is -0.458 e. The Labute approximate surface area is 225 Å². The number of ether oxygens (including phenoxy) is 2. The fraction of sp³-hybridized carbons (Fsp3) is 0.414. The third-order valence-corrected chi connectivity index (χ3v) is 6.99. The zero-order valence-corrected chi connectivity index (χ0v) is 22.5. The number of cyclic esters (lactones) is 1. The Morgan fingerprint density at radius 2 is 2.05 bits per heavy atom. The number of aliphatic imine (C=N–C) groups is 1. The lowest BCUT2D eigenvalue weighted by molar-refractivity contribution is -0.172. The van der Waals surface area contributed by atoms with Crippen LogP contribution >= 0.6 is 0 Å². The zero-order valence-electron chi connectivity index (χ0n) is 22.5. The molecule has 5 rings (SSSR count). The van der Waals surface area contributed by atoms with E-state index >= 15 is 0 Å². The molecular formula is C29H32N4O6. The van der Waals surface area contributed by atoms with Gasteiger partial charge in [0.15, 0.2) is 5.60 Å². The second kappa shape index (κ2) is 9.92. The van der Waals surface area contributed by atoms with E-state index in [2.05, 4.69) is 10.3 Å². The number of pyridine rings is 2. The van der Waals surface area contributed by atoms with E-state index in [4.69, 9.17) is 14.5 Å². The van der Waals surface area contributed by atoms with Crippen LogP contribution in [0.4, 0.5) is 4.79 Å². The summed E-state index contributed by atoms with van der Waals surface area (Å²) in [6.07, 6.45) is 2.04. The summed E-state index contributed by atoms with van der Waals surface area (Å²) in [6, 6.07) is 9.39. The summed E-state index contributed by atoms with van der Waals surface area (Å²) in [5.41, 5.74) is 1.46. The highest BCUT2D eigenvalue weighted by molar-refractivity contribution is 6.02. The minimum absolute atomic E-state index is 0.0838. The SMILES string of the molecule is CC[C@@]1(O)C(=O)OCc2c1cc1n(c2=O)Cc2c-1nc1ccccc1c2C=NCCCNC(=O)OC(C)(C)C. The number of amides is 1. The molecule has 2 aromatic heterocycles. The summed E-state index contributed by atoms with van der Waals surface area (Å²) in [5, 5.41) is 14.7.